The van der Waals surface area contributed by atoms with Crippen molar-refractivity contribution in [2.75, 3.05) is 19.3 Å². The normalized spacial score (nSPS) is 9.17. The lowest BCUT2D eigenvalue weighted by Gasteiger charge is -2.01. The molecule has 0 fully saturated rings. The van der Waals surface area contributed by atoms with Gasteiger partial charge in [-0.2, -0.15) is 0 Å². The molecule has 0 unspecified atom stereocenters. The lowest BCUT2D eigenvalue weighted by molar-refractivity contribution is -0.121. The number of amides is 2. The quantitative estimate of drug-likeness (QED) is 0.510. The minimum atomic E-state index is -0.272. The highest BCUT2D eigenvalue weighted by atomic mass is 32.2. The van der Waals surface area contributed by atoms with E-state index in [4.69, 9.17) is 4.55 Å². The zero-order valence-electron chi connectivity index (χ0n) is 6.79. The van der Waals surface area contributed by atoms with Crippen LogP contribution in [0.3, 0.4) is 0 Å². The summed E-state index contributed by atoms with van der Waals surface area (Å²) in [7, 11) is 1.54. The van der Waals surface area contributed by atoms with Crippen molar-refractivity contribution in [2.24, 2.45) is 0 Å². The summed E-state index contributed by atoms with van der Waals surface area (Å²) in [5, 5.41) is 4.89. The summed E-state index contributed by atoms with van der Waals surface area (Å²) >= 11 is 0.462. The van der Waals surface area contributed by atoms with Gasteiger partial charge in [-0.15, -0.1) is 0 Å². The number of carbonyl (C=O) groups is 2. The minimum absolute atomic E-state index is 0.00768. The first-order valence-electron chi connectivity index (χ1n) is 3.44. The third kappa shape index (κ3) is 5.99. The van der Waals surface area contributed by atoms with Crippen LogP contribution in [0.25, 0.3) is 0 Å². The Kier molecular flexibility index (Phi) is 6.50. The summed E-state index contributed by atoms with van der Waals surface area (Å²) in [4.78, 5) is 21.3. The van der Waals surface area contributed by atoms with Gasteiger partial charge in [-0.3, -0.25) is 9.59 Å². The largest absolute Gasteiger partial charge is 0.359 e. The second-order valence-corrected chi connectivity index (χ2v) is 2.59. The molecule has 3 N–H and O–H groups in total. The Morgan fingerprint density at radius 2 is 2.08 bits per heavy atom. The first-order chi connectivity index (χ1) is 5.70. The molecule has 0 aliphatic rings. The maximum atomic E-state index is 10.7. The van der Waals surface area contributed by atoms with Crippen molar-refractivity contribution >= 4 is 23.9 Å². The molecule has 12 heavy (non-hydrogen) atoms. The van der Waals surface area contributed by atoms with Gasteiger partial charge in [0.1, 0.15) is 0 Å². The summed E-state index contributed by atoms with van der Waals surface area (Å²) in [6.07, 6.45) is 0.262. The molecule has 0 rings (SSSR count). The lowest BCUT2D eigenvalue weighted by Crippen LogP contribution is -2.30. The van der Waals surface area contributed by atoms with E-state index >= 15 is 0 Å². The molecular formula is C6H12N2O3S. The average molecular weight is 192 g/mol. The van der Waals surface area contributed by atoms with E-state index in [1.54, 1.807) is 0 Å². The van der Waals surface area contributed by atoms with E-state index in [9.17, 15) is 9.59 Å². The van der Waals surface area contributed by atoms with E-state index in [1.165, 1.54) is 7.05 Å². The molecule has 0 saturated heterocycles. The van der Waals surface area contributed by atoms with Crippen molar-refractivity contribution in [1.29, 1.82) is 0 Å². The van der Waals surface area contributed by atoms with E-state index in [0.29, 0.717) is 18.6 Å². The second-order valence-electron chi connectivity index (χ2n) is 2.05. The van der Waals surface area contributed by atoms with Crippen molar-refractivity contribution in [3.63, 3.8) is 0 Å². The van der Waals surface area contributed by atoms with E-state index in [2.05, 4.69) is 10.6 Å². The number of carbonyl (C=O) groups excluding carboxylic acids is 2. The molecule has 0 aliphatic carbocycles. The van der Waals surface area contributed by atoms with Gasteiger partial charge in [-0.05, 0) is 12.0 Å². The highest BCUT2D eigenvalue weighted by Crippen LogP contribution is 1.88. The monoisotopic (exact) mass is 192 g/mol. The molecule has 0 aromatic rings. The van der Waals surface area contributed by atoms with Gasteiger partial charge in [-0.25, -0.2) is 0 Å². The van der Waals surface area contributed by atoms with Crippen LogP contribution < -0.4 is 10.6 Å². The minimum Gasteiger partial charge on any atom is -0.359 e. The van der Waals surface area contributed by atoms with Gasteiger partial charge in [-0.1, -0.05) is 0 Å². The van der Waals surface area contributed by atoms with Crippen molar-refractivity contribution < 1.29 is 14.1 Å². The van der Waals surface area contributed by atoms with Crippen LogP contribution >= 0.6 is 12.0 Å². The van der Waals surface area contributed by atoms with Crippen molar-refractivity contribution in [3.8, 4) is 0 Å². The lowest BCUT2D eigenvalue weighted by atomic mass is 10.4. The Labute approximate surface area is 75.1 Å². The summed E-state index contributed by atoms with van der Waals surface area (Å²) in [6, 6.07) is 0. The maximum Gasteiger partial charge on any atom is 0.232 e. The molecule has 0 atom stereocenters. The van der Waals surface area contributed by atoms with E-state index < -0.39 is 0 Å². The van der Waals surface area contributed by atoms with E-state index in [-0.39, 0.29) is 24.0 Å². The van der Waals surface area contributed by atoms with Crippen LogP contribution in [0.5, 0.6) is 0 Å². The number of hydrogen-bond acceptors (Lipinski definition) is 4. The Bertz CT molecular complexity index is 163. The SMILES string of the molecule is CNC(=O)CCNC(=O)CSO. The molecule has 0 spiro atoms. The standard InChI is InChI=1S/C6H12N2O3S/c1-7-5(9)2-3-8-6(10)4-12-11/h11H,2-4H2,1H3,(H,7,9)(H,8,10). The molecule has 0 aromatic carbocycles. The molecule has 0 radical (unpaired) electrons. The van der Waals surface area contributed by atoms with Crippen molar-refractivity contribution in [2.45, 2.75) is 6.42 Å². The Morgan fingerprint density at radius 1 is 1.42 bits per heavy atom. The molecule has 0 aromatic heterocycles. The number of hydrogen-bond donors (Lipinski definition) is 3. The maximum absolute atomic E-state index is 10.7. The predicted molar refractivity (Wildman–Crippen MR) is 46.8 cm³/mol. The predicted octanol–water partition coefficient (Wildman–Crippen LogP) is -0.555. The third-order valence-corrected chi connectivity index (χ3v) is 1.54. The van der Waals surface area contributed by atoms with Crippen LogP contribution in [0, 0.1) is 0 Å². The van der Waals surface area contributed by atoms with Crippen molar-refractivity contribution in [3.05, 3.63) is 0 Å². The smallest absolute Gasteiger partial charge is 0.232 e. The van der Waals surface area contributed by atoms with Crippen molar-refractivity contribution in [1.82, 2.24) is 10.6 Å². The molecule has 5 nitrogen and oxygen atoms in total. The molecular weight excluding hydrogens is 180 g/mol. The molecule has 6 heteroatoms. The average Bonchev–Trinajstić information content (AvgIpc) is 2.04. The third-order valence-electron chi connectivity index (χ3n) is 1.15. The van der Waals surface area contributed by atoms with Gasteiger partial charge in [0.25, 0.3) is 0 Å². The highest BCUT2D eigenvalue weighted by molar-refractivity contribution is 7.94. The first-order valence-corrected chi connectivity index (χ1v) is 4.38. The summed E-state index contributed by atoms with van der Waals surface area (Å²) in [6.45, 7) is 0.305. The fourth-order valence-corrected chi connectivity index (χ4v) is 0.769. The fourth-order valence-electron chi connectivity index (χ4n) is 0.550. The summed E-state index contributed by atoms with van der Waals surface area (Å²) in [5.41, 5.74) is 0. The van der Waals surface area contributed by atoms with Crippen LogP contribution in [0.1, 0.15) is 6.42 Å². The molecule has 70 valence electrons. The Morgan fingerprint density at radius 3 is 2.58 bits per heavy atom. The molecule has 0 aliphatic heterocycles. The molecule has 0 heterocycles. The second kappa shape index (κ2) is 6.93. The number of nitrogens with one attached hydrogen (secondary N) is 2. The van der Waals surface area contributed by atoms with Gasteiger partial charge in [0.15, 0.2) is 0 Å². The molecule has 2 amide bonds. The summed E-state index contributed by atoms with van der Waals surface area (Å²) in [5.74, 6) is -0.383. The van der Waals surface area contributed by atoms with Gasteiger partial charge in [0, 0.05) is 20.0 Å². The number of rotatable bonds is 5. The van der Waals surface area contributed by atoms with Gasteiger partial charge < -0.3 is 15.2 Å². The fraction of sp³-hybridized carbons (Fsp3) is 0.667. The summed E-state index contributed by atoms with van der Waals surface area (Å²) < 4.78 is 8.27. The van der Waals surface area contributed by atoms with E-state index in [0.717, 1.165) is 0 Å². The van der Waals surface area contributed by atoms with Crippen LogP contribution in [0.4, 0.5) is 0 Å². The Hall–Kier alpha value is -0.750. The Balaban J connectivity index is 3.30. The van der Waals surface area contributed by atoms with E-state index in [1.807, 2.05) is 0 Å². The van der Waals surface area contributed by atoms with Gasteiger partial charge >= 0.3 is 0 Å². The van der Waals surface area contributed by atoms with Gasteiger partial charge in [0.2, 0.25) is 11.8 Å². The molecule has 0 saturated carbocycles. The molecule has 0 bridgehead atoms. The zero-order chi connectivity index (χ0) is 9.40. The van der Waals surface area contributed by atoms with Crippen LogP contribution in [0.15, 0.2) is 0 Å². The highest BCUT2D eigenvalue weighted by Gasteiger charge is 2.01. The van der Waals surface area contributed by atoms with Crippen LogP contribution in [-0.4, -0.2) is 35.7 Å². The van der Waals surface area contributed by atoms with Crippen LogP contribution in [-0.2, 0) is 9.59 Å². The zero-order valence-corrected chi connectivity index (χ0v) is 7.61. The van der Waals surface area contributed by atoms with Gasteiger partial charge in [0.05, 0.1) is 5.75 Å². The topological polar surface area (TPSA) is 78.4 Å². The van der Waals surface area contributed by atoms with Crippen LogP contribution in [0.2, 0.25) is 0 Å². The first kappa shape index (κ1) is 11.2.